The largest absolute Gasteiger partial charge is 0.121 e. The summed E-state index contributed by atoms with van der Waals surface area (Å²) in [4.78, 5) is 0. The van der Waals surface area contributed by atoms with E-state index in [9.17, 15) is 0 Å². The summed E-state index contributed by atoms with van der Waals surface area (Å²) in [5.74, 6) is 0.0490. The van der Waals surface area contributed by atoms with Gasteiger partial charge in [-0.3, -0.25) is 0 Å². The monoisotopic (exact) mass is 234 g/mol. The van der Waals surface area contributed by atoms with Crippen molar-refractivity contribution in [3.63, 3.8) is 0 Å². The minimum atomic E-state index is 0.0490. The lowest BCUT2D eigenvalue weighted by molar-refractivity contribution is 0.948. The summed E-state index contributed by atoms with van der Waals surface area (Å²) in [5, 5.41) is 0.481. The van der Waals surface area contributed by atoms with E-state index in [4.69, 9.17) is 34.8 Å². The fourth-order valence-electron chi connectivity index (χ4n) is 1.05. The number of allylic oxidation sites excluding steroid dienone is 1. The van der Waals surface area contributed by atoms with Gasteiger partial charge in [0, 0.05) is 5.92 Å². The highest BCUT2D eigenvalue weighted by molar-refractivity contribution is 6.59. The summed E-state index contributed by atoms with van der Waals surface area (Å²) in [6.07, 6.45) is 0. The lowest BCUT2D eigenvalue weighted by Gasteiger charge is -2.10. The first-order chi connectivity index (χ1) is 6.13. The van der Waals surface area contributed by atoms with Crippen LogP contribution in [0.15, 0.2) is 39.9 Å². The molecular weight excluding hydrogens is 226 g/mol. The van der Waals surface area contributed by atoms with Gasteiger partial charge in [-0.15, -0.1) is 0 Å². The molecule has 0 radical (unpaired) electrons. The van der Waals surface area contributed by atoms with Gasteiger partial charge in [0.2, 0.25) is 0 Å². The average Bonchev–Trinajstić information content (AvgIpc) is 2.17. The predicted molar refractivity (Wildman–Crippen MR) is 59.4 cm³/mol. The topological polar surface area (TPSA) is 0 Å². The van der Waals surface area contributed by atoms with Crippen LogP contribution in [0.25, 0.3) is 0 Å². The molecule has 0 aliphatic heterocycles. The predicted octanol–water partition coefficient (Wildman–Crippen LogP) is 4.68. The van der Waals surface area contributed by atoms with Gasteiger partial charge in [0.1, 0.15) is 4.49 Å². The molecule has 0 bridgehead atoms. The molecule has 1 aromatic rings. The van der Waals surface area contributed by atoms with E-state index >= 15 is 0 Å². The summed E-state index contributed by atoms with van der Waals surface area (Å²) < 4.78 is 0.137. The Kier molecular flexibility index (Phi) is 4.11. The number of halogens is 3. The second-order valence-corrected chi connectivity index (χ2v) is 4.10. The van der Waals surface area contributed by atoms with Gasteiger partial charge in [0.15, 0.2) is 0 Å². The van der Waals surface area contributed by atoms with Crippen LogP contribution in [-0.2, 0) is 0 Å². The molecule has 1 aromatic carbocycles. The second kappa shape index (κ2) is 4.90. The molecule has 1 unspecified atom stereocenters. The van der Waals surface area contributed by atoms with E-state index in [0.29, 0.717) is 5.03 Å². The first-order valence-corrected chi connectivity index (χ1v) is 5.02. The average molecular weight is 236 g/mol. The summed E-state index contributed by atoms with van der Waals surface area (Å²) >= 11 is 17.1. The van der Waals surface area contributed by atoms with Crippen molar-refractivity contribution in [2.75, 3.05) is 0 Å². The molecule has 0 saturated heterocycles. The summed E-state index contributed by atoms with van der Waals surface area (Å²) in [6, 6.07) is 9.85. The maximum Gasteiger partial charge on any atom is 0.121 e. The fourth-order valence-corrected chi connectivity index (χ4v) is 1.51. The molecule has 1 rings (SSSR count). The van der Waals surface area contributed by atoms with Gasteiger partial charge in [-0.05, 0) is 5.56 Å². The van der Waals surface area contributed by atoms with Crippen LogP contribution < -0.4 is 0 Å². The van der Waals surface area contributed by atoms with Crippen LogP contribution in [0, 0.1) is 0 Å². The van der Waals surface area contributed by atoms with Crippen molar-refractivity contribution in [3.8, 4) is 0 Å². The number of hydrogen-bond acceptors (Lipinski definition) is 0. The standard InChI is InChI=1S/C10H9Cl3/c1-7(9(11)10(12)13)8-5-3-2-4-6-8/h2-7H,1H3. The van der Waals surface area contributed by atoms with Crippen molar-refractivity contribution < 1.29 is 0 Å². The first kappa shape index (κ1) is 10.9. The van der Waals surface area contributed by atoms with E-state index in [1.807, 2.05) is 37.3 Å². The smallest absolute Gasteiger partial charge is 0.0859 e. The summed E-state index contributed by atoms with van der Waals surface area (Å²) in [7, 11) is 0. The summed E-state index contributed by atoms with van der Waals surface area (Å²) in [6.45, 7) is 1.96. The van der Waals surface area contributed by atoms with Crippen LogP contribution in [-0.4, -0.2) is 0 Å². The zero-order chi connectivity index (χ0) is 9.84. The lowest BCUT2D eigenvalue weighted by Crippen LogP contribution is -1.93. The normalized spacial score (nSPS) is 12.3. The van der Waals surface area contributed by atoms with Gasteiger partial charge in [0.25, 0.3) is 0 Å². The number of benzene rings is 1. The first-order valence-electron chi connectivity index (χ1n) is 3.88. The van der Waals surface area contributed by atoms with Gasteiger partial charge in [-0.2, -0.15) is 0 Å². The van der Waals surface area contributed by atoms with Crippen LogP contribution in [0.3, 0.4) is 0 Å². The molecule has 0 aliphatic rings. The van der Waals surface area contributed by atoms with Gasteiger partial charge in [-0.25, -0.2) is 0 Å². The third-order valence-corrected chi connectivity index (χ3v) is 2.98. The van der Waals surface area contributed by atoms with E-state index in [1.54, 1.807) is 0 Å². The Morgan fingerprint density at radius 2 is 1.62 bits per heavy atom. The molecule has 0 saturated carbocycles. The van der Waals surface area contributed by atoms with E-state index in [0.717, 1.165) is 5.56 Å². The highest BCUT2D eigenvalue weighted by Crippen LogP contribution is 2.32. The minimum Gasteiger partial charge on any atom is -0.0859 e. The van der Waals surface area contributed by atoms with Crippen LogP contribution in [0.4, 0.5) is 0 Å². The van der Waals surface area contributed by atoms with E-state index < -0.39 is 0 Å². The molecule has 13 heavy (non-hydrogen) atoms. The molecule has 70 valence electrons. The Morgan fingerprint density at radius 1 is 1.08 bits per heavy atom. The van der Waals surface area contributed by atoms with Crippen LogP contribution in [0.1, 0.15) is 18.4 Å². The van der Waals surface area contributed by atoms with Gasteiger partial charge >= 0.3 is 0 Å². The van der Waals surface area contributed by atoms with Crippen molar-refractivity contribution in [3.05, 3.63) is 45.4 Å². The Bertz CT molecular complexity index is 299. The Morgan fingerprint density at radius 3 is 2.08 bits per heavy atom. The number of hydrogen-bond donors (Lipinski definition) is 0. The third-order valence-electron chi connectivity index (χ3n) is 1.86. The Balaban J connectivity index is 2.93. The van der Waals surface area contributed by atoms with Gasteiger partial charge in [0.05, 0.1) is 5.03 Å². The quantitative estimate of drug-likeness (QED) is 0.698. The molecule has 0 aliphatic carbocycles. The molecule has 0 spiro atoms. The highest BCUT2D eigenvalue weighted by Gasteiger charge is 2.11. The van der Waals surface area contributed by atoms with Crippen LogP contribution in [0.2, 0.25) is 0 Å². The zero-order valence-corrected chi connectivity index (χ0v) is 9.37. The maximum atomic E-state index is 5.92. The van der Waals surface area contributed by atoms with Crippen LogP contribution in [0.5, 0.6) is 0 Å². The van der Waals surface area contributed by atoms with Gasteiger partial charge in [-0.1, -0.05) is 72.1 Å². The molecule has 0 N–H and O–H groups in total. The minimum absolute atomic E-state index is 0.0490. The maximum absolute atomic E-state index is 5.92. The van der Waals surface area contributed by atoms with E-state index in [2.05, 4.69) is 0 Å². The summed E-state index contributed by atoms with van der Waals surface area (Å²) in [5.41, 5.74) is 1.10. The molecule has 3 heteroatoms. The second-order valence-electron chi connectivity index (χ2n) is 2.74. The van der Waals surface area contributed by atoms with Crippen molar-refractivity contribution in [2.24, 2.45) is 0 Å². The Labute approximate surface area is 93.1 Å². The molecule has 0 fully saturated rings. The van der Waals surface area contributed by atoms with Crippen molar-refractivity contribution in [1.82, 2.24) is 0 Å². The molecule has 0 amide bonds. The van der Waals surface area contributed by atoms with E-state index in [1.165, 1.54) is 0 Å². The van der Waals surface area contributed by atoms with Crippen LogP contribution >= 0.6 is 34.8 Å². The SMILES string of the molecule is CC(C(Cl)=C(Cl)Cl)c1ccccc1. The molecule has 0 aromatic heterocycles. The van der Waals surface area contributed by atoms with Crippen molar-refractivity contribution in [2.45, 2.75) is 12.8 Å². The highest BCUT2D eigenvalue weighted by atomic mass is 35.5. The number of rotatable bonds is 2. The van der Waals surface area contributed by atoms with Gasteiger partial charge < -0.3 is 0 Å². The fraction of sp³-hybridized carbons (Fsp3) is 0.200. The molecular formula is C10H9Cl3. The van der Waals surface area contributed by atoms with Crippen molar-refractivity contribution >= 4 is 34.8 Å². The molecule has 0 heterocycles. The van der Waals surface area contributed by atoms with Crippen molar-refractivity contribution in [1.29, 1.82) is 0 Å². The molecule has 0 nitrogen and oxygen atoms in total. The Hall–Kier alpha value is -0.170. The molecule has 1 atom stereocenters. The lowest BCUT2D eigenvalue weighted by atomic mass is 10.0. The zero-order valence-electron chi connectivity index (χ0n) is 7.10. The third kappa shape index (κ3) is 2.91. The van der Waals surface area contributed by atoms with E-state index in [-0.39, 0.29) is 10.4 Å².